The van der Waals surface area contributed by atoms with Gasteiger partial charge < -0.3 is 69.1 Å². The number of carboxylic acids is 2. The molecule has 24 heteroatoms. The number of hydrogen-bond acceptors (Lipinski definition) is 12. The van der Waals surface area contributed by atoms with Gasteiger partial charge in [-0.3, -0.25) is 52.9 Å². The molecule has 0 aliphatic carbocycles. The Morgan fingerprint density at radius 1 is 0.716 bits per heavy atom. The summed E-state index contributed by atoms with van der Waals surface area (Å²) in [6.07, 6.45) is 1.47. The van der Waals surface area contributed by atoms with E-state index >= 15 is 0 Å². The summed E-state index contributed by atoms with van der Waals surface area (Å²) in [6, 6.07) is -0.118. The van der Waals surface area contributed by atoms with Gasteiger partial charge in [-0.05, 0) is 76.8 Å². The zero-order chi connectivity index (χ0) is 49.8. The number of nitrogens with two attached hydrogens (primary N) is 2. The molecule has 3 rings (SSSR count). The van der Waals surface area contributed by atoms with Crippen molar-refractivity contribution in [2.75, 3.05) is 26.2 Å². The number of aliphatic carboxylic acids is 2. The summed E-state index contributed by atoms with van der Waals surface area (Å²) in [5.74, 6) is -9.05. The highest BCUT2D eigenvalue weighted by molar-refractivity contribution is 5.98. The number of nitrogens with one attached hydrogen (secondary N) is 8. The molecule has 0 bridgehead atoms. The van der Waals surface area contributed by atoms with Crippen molar-refractivity contribution in [2.45, 2.75) is 134 Å². The molecule has 2 aliphatic heterocycles. The van der Waals surface area contributed by atoms with Gasteiger partial charge in [0, 0.05) is 25.9 Å². The van der Waals surface area contributed by atoms with Crippen LogP contribution in [0.2, 0.25) is 0 Å². The van der Waals surface area contributed by atoms with E-state index in [9.17, 15) is 53.1 Å². The summed E-state index contributed by atoms with van der Waals surface area (Å²) in [5.41, 5.74) is 11.7. The highest BCUT2D eigenvalue weighted by atomic mass is 16.4. The zero-order valence-electron chi connectivity index (χ0n) is 38.3. The van der Waals surface area contributed by atoms with Crippen LogP contribution < -0.4 is 54.0 Å². The topological polar surface area (TPSA) is 375 Å². The smallest absolute Gasteiger partial charge is 0.322 e. The first kappa shape index (κ1) is 54.5. The molecular formula is C43H66N12O12. The van der Waals surface area contributed by atoms with Crippen molar-refractivity contribution in [1.82, 2.24) is 47.4 Å². The SMILES string of the molecule is CC(C)[C@H](NC(=O)[C@H](C)NC(=O)[C@H](CCCN=C(N)N)NC(=O)[C@H](Cc1ccccc1)NC(=O)[C@@H]1CCCN1)C(=O)N[C@@H](C)C(=O)N[C@@H](CCC(=O)O)C(=O)N1CCC[C@H]1C(=O)NCC(=O)O. The first-order valence-corrected chi connectivity index (χ1v) is 22.3. The summed E-state index contributed by atoms with van der Waals surface area (Å²) in [7, 11) is 0. The average Bonchev–Trinajstić information content (AvgIpc) is 4.00. The molecule has 0 radical (unpaired) electrons. The Hall–Kier alpha value is -6.85. The van der Waals surface area contributed by atoms with Crippen molar-refractivity contribution >= 4 is 65.2 Å². The van der Waals surface area contributed by atoms with Crippen LogP contribution >= 0.6 is 0 Å². The zero-order valence-corrected chi connectivity index (χ0v) is 38.3. The number of carboxylic acid groups (broad SMARTS) is 2. The normalized spacial score (nSPS) is 18.1. The van der Waals surface area contributed by atoms with Crippen LogP contribution in [0.3, 0.4) is 0 Å². The van der Waals surface area contributed by atoms with E-state index in [1.807, 2.05) is 6.07 Å². The number of hydrogen-bond donors (Lipinski definition) is 12. The molecule has 370 valence electrons. The van der Waals surface area contributed by atoms with Gasteiger partial charge in [-0.25, -0.2) is 0 Å². The molecule has 24 nitrogen and oxygen atoms in total. The van der Waals surface area contributed by atoms with Crippen LogP contribution in [0.1, 0.15) is 84.6 Å². The number of guanidine groups is 1. The molecule has 8 amide bonds. The van der Waals surface area contributed by atoms with Crippen LogP contribution in [0.15, 0.2) is 35.3 Å². The second kappa shape index (κ2) is 26.9. The Balaban J connectivity index is 1.69. The highest BCUT2D eigenvalue weighted by Crippen LogP contribution is 2.20. The molecule has 2 heterocycles. The van der Waals surface area contributed by atoms with Gasteiger partial charge in [-0.15, -0.1) is 0 Å². The van der Waals surface area contributed by atoms with Gasteiger partial charge in [-0.2, -0.15) is 0 Å². The van der Waals surface area contributed by atoms with Crippen molar-refractivity contribution in [3.63, 3.8) is 0 Å². The van der Waals surface area contributed by atoms with E-state index in [2.05, 4.69) is 47.5 Å². The monoisotopic (exact) mass is 942 g/mol. The van der Waals surface area contributed by atoms with Crippen LogP contribution in [0, 0.1) is 5.92 Å². The van der Waals surface area contributed by atoms with Crippen LogP contribution in [0.25, 0.3) is 0 Å². The first-order valence-electron chi connectivity index (χ1n) is 22.3. The van der Waals surface area contributed by atoms with Crippen molar-refractivity contribution in [3.05, 3.63) is 35.9 Å². The van der Waals surface area contributed by atoms with Gasteiger partial charge in [0.2, 0.25) is 47.3 Å². The molecule has 0 aromatic heterocycles. The third kappa shape index (κ3) is 18.2. The fraction of sp³-hybridized carbons (Fsp3) is 0.605. The maximum Gasteiger partial charge on any atom is 0.322 e. The minimum atomic E-state index is -1.43. The number of rotatable bonds is 26. The number of nitrogens with zero attached hydrogens (tertiary/aromatic N) is 2. The molecule has 0 unspecified atom stereocenters. The molecule has 2 aliphatic rings. The lowest BCUT2D eigenvalue weighted by Crippen LogP contribution is -2.60. The molecule has 8 atom stereocenters. The van der Waals surface area contributed by atoms with Crippen molar-refractivity contribution in [3.8, 4) is 0 Å². The molecule has 67 heavy (non-hydrogen) atoms. The fourth-order valence-electron chi connectivity index (χ4n) is 7.45. The molecule has 2 saturated heterocycles. The number of benzene rings is 1. The van der Waals surface area contributed by atoms with Crippen LogP contribution in [-0.2, 0) is 54.4 Å². The van der Waals surface area contributed by atoms with E-state index in [1.54, 1.807) is 38.1 Å². The van der Waals surface area contributed by atoms with E-state index < -0.39 is 121 Å². The molecular weight excluding hydrogens is 877 g/mol. The lowest BCUT2D eigenvalue weighted by atomic mass is 10.0. The Kier molecular flexibility index (Phi) is 21.9. The lowest BCUT2D eigenvalue weighted by molar-refractivity contribution is -0.143. The van der Waals surface area contributed by atoms with Gasteiger partial charge in [0.25, 0.3) is 0 Å². The predicted molar refractivity (Wildman–Crippen MR) is 241 cm³/mol. The Bertz CT molecular complexity index is 1960. The summed E-state index contributed by atoms with van der Waals surface area (Å²) < 4.78 is 0. The van der Waals surface area contributed by atoms with E-state index in [0.717, 1.165) is 16.9 Å². The van der Waals surface area contributed by atoms with E-state index in [4.69, 9.17) is 16.6 Å². The highest BCUT2D eigenvalue weighted by Gasteiger charge is 2.39. The maximum atomic E-state index is 13.9. The van der Waals surface area contributed by atoms with E-state index in [-0.39, 0.29) is 57.1 Å². The quantitative estimate of drug-likeness (QED) is 0.0246. The molecule has 2 fully saturated rings. The second-order valence-corrected chi connectivity index (χ2v) is 16.9. The number of amides is 8. The van der Waals surface area contributed by atoms with Crippen LogP contribution in [0.4, 0.5) is 0 Å². The number of carbonyl (C=O) groups is 10. The van der Waals surface area contributed by atoms with Crippen molar-refractivity contribution in [2.24, 2.45) is 22.4 Å². The lowest BCUT2D eigenvalue weighted by Gasteiger charge is -2.29. The summed E-state index contributed by atoms with van der Waals surface area (Å²) in [6.45, 7) is 6.08. The molecule has 0 saturated carbocycles. The standard InChI is InChI=1S/C43H66N12O12/c1-23(2)34(41(66)50-24(3)35(60)52-29(16-17-32(56)57)42(67)55-20-10-15-31(55)40(65)48-22-33(58)59)54-36(61)25(4)49-38(63)28(14-9-19-47-43(44)45)51-39(64)30(21-26-11-6-5-7-12-26)53-37(62)27-13-8-18-46-27/h5-7,11-12,23-25,27-31,34,46H,8-10,13-22H2,1-4H3,(H,48,65)(H,49,63)(H,50,66)(H,51,64)(H,52,60)(H,53,62)(H,54,61)(H,56,57)(H,58,59)(H4,44,45,47)/t24-,25-,27-,28-,29-,30-,31-,34-/m0/s1. The minimum Gasteiger partial charge on any atom is -0.481 e. The number of carbonyl (C=O) groups excluding carboxylic acids is 8. The minimum absolute atomic E-state index is 0.0271. The predicted octanol–water partition coefficient (Wildman–Crippen LogP) is -3.30. The fourth-order valence-corrected chi connectivity index (χ4v) is 7.45. The average molecular weight is 943 g/mol. The largest absolute Gasteiger partial charge is 0.481 e. The molecule has 1 aromatic carbocycles. The van der Waals surface area contributed by atoms with Crippen molar-refractivity contribution < 1.29 is 58.2 Å². The Labute approximate surface area is 388 Å². The Morgan fingerprint density at radius 3 is 1.94 bits per heavy atom. The molecule has 0 spiro atoms. The first-order chi connectivity index (χ1) is 31.7. The van der Waals surface area contributed by atoms with Gasteiger partial charge in [0.1, 0.15) is 48.8 Å². The van der Waals surface area contributed by atoms with E-state index in [1.165, 1.54) is 13.8 Å². The third-order valence-electron chi connectivity index (χ3n) is 11.1. The molecule has 1 aromatic rings. The van der Waals surface area contributed by atoms with Crippen molar-refractivity contribution in [1.29, 1.82) is 0 Å². The van der Waals surface area contributed by atoms with Gasteiger partial charge in [-0.1, -0.05) is 44.2 Å². The second-order valence-electron chi connectivity index (χ2n) is 16.9. The van der Waals surface area contributed by atoms with Gasteiger partial charge >= 0.3 is 11.9 Å². The van der Waals surface area contributed by atoms with E-state index in [0.29, 0.717) is 19.4 Å². The maximum absolute atomic E-state index is 13.9. The Morgan fingerprint density at radius 2 is 1.34 bits per heavy atom. The van der Waals surface area contributed by atoms with Gasteiger partial charge in [0.05, 0.1) is 6.04 Å². The molecule has 14 N–H and O–H groups in total. The summed E-state index contributed by atoms with van der Waals surface area (Å²) >= 11 is 0. The third-order valence-corrected chi connectivity index (χ3v) is 11.1. The van der Waals surface area contributed by atoms with Gasteiger partial charge in [0.15, 0.2) is 5.96 Å². The van der Waals surface area contributed by atoms with Crippen LogP contribution in [-0.4, -0.2) is 155 Å². The number of aliphatic imine (C=N–C) groups is 1. The summed E-state index contributed by atoms with van der Waals surface area (Å²) in [5, 5.41) is 39.2. The number of likely N-dealkylation sites (tertiary alicyclic amines) is 1. The van der Waals surface area contributed by atoms with Crippen LogP contribution in [0.5, 0.6) is 0 Å². The summed E-state index contributed by atoms with van der Waals surface area (Å²) in [4.78, 5) is 135.